The van der Waals surface area contributed by atoms with Crippen molar-refractivity contribution in [2.45, 2.75) is 10.1 Å². The summed E-state index contributed by atoms with van der Waals surface area (Å²) in [5.41, 5.74) is -0.116. The summed E-state index contributed by atoms with van der Waals surface area (Å²) >= 11 is 0.858. The highest BCUT2D eigenvalue weighted by Crippen LogP contribution is 2.37. The molecule has 11 heteroatoms. The average molecular weight is 345 g/mol. The predicted octanol–water partition coefficient (Wildman–Crippen LogP) is 3.10. The third-order valence-corrected chi connectivity index (χ3v) is 3.79. The summed E-state index contributed by atoms with van der Waals surface area (Å²) in [6.45, 7) is 0. The summed E-state index contributed by atoms with van der Waals surface area (Å²) in [5, 5.41) is 29.6. The van der Waals surface area contributed by atoms with Crippen molar-refractivity contribution in [1.82, 2.24) is 15.2 Å². The van der Waals surface area contributed by atoms with Gasteiger partial charge in [-0.3, -0.25) is 25.2 Å². The van der Waals surface area contributed by atoms with E-state index in [1.165, 1.54) is 12.1 Å². The molecule has 0 amide bonds. The Kier molecular flexibility index (Phi) is 4.16. The van der Waals surface area contributed by atoms with Crippen LogP contribution in [0.15, 0.2) is 57.3 Å². The van der Waals surface area contributed by atoms with Gasteiger partial charge in [-0.2, -0.15) is 0 Å². The fourth-order valence-corrected chi connectivity index (χ4v) is 2.57. The number of nitro benzene ring substituents is 2. The summed E-state index contributed by atoms with van der Waals surface area (Å²) in [6.07, 6.45) is 3.13. The maximum Gasteiger partial charge on any atom is 0.290 e. The number of nitrogens with zero attached hydrogens (tertiary/aromatic N) is 5. The lowest BCUT2D eigenvalue weighted by molar-refractivity contribution is -0.396. The van der Waals surface area contributed by atoms with Crippen LogP contribution in [0.1, 0.15) is 0 Å². The first-order chi connectivity index (χ1) is 11.5. The van der Waals surface area contributed by atoms with Gasteiger partial charge in [-0.05, 0) is 30.0 Å². The van der Waals surface area contributed by atoms with Crippen LogP contribution in [0.5, 0.6) is 0 Å². The van der Waals surface area contributed by atoms with E-state index in [9.17, 15) is 20.2 Å². The molecule has 0 aliphatic heterocycles. The van der Waals surface area contributed by atoms with Gasteiger partial charge in [0.25, 0.3) is 16.6 Å². The molecule has 0 N–H and O–H groups in total. The largest absolute Gasteiger partial charge is 0.411 e. The van der Waals surface area contributed by atoms with E-state index in [2.05, 4.69) is 15.2 Å². The second-order valence-corrected chi connectivity index (χ2v) is 5.37. The Balaban J connectivity index is 1.90. The molecule has 1 aromatic carbocycles. The first-order valence-corrected chi connectivity index (χ1v) is 7.21. The smallest absolute Gasteiger partial charge is 0.290 e. The van der Waals surface area contributed by atoms with Crippen LogP contribution in [0.2, 0.25) is 0 Å². The number of aromatic nitrogens is 3. The maximum absolute atomic E-state index is 11.1. The number of hydrogen-bond donors (Lipinski definition) is 0. The number of hydrogen-bond acceptors (Lipinski definition) is 9. The number of benzene rings is 1. The van der Waals surface area contributed by atoms with E-state index >= 15 is 0 Å². The van der Waals surface area contributed by atoms with Gasteiger partial charge in [0.1, 0.15) is 0 Å². The molecule has 0 saturated heterocycles. The van der Waals surface area contributed by atoms with E-state index in [1.54, 1.807) is 24.5 Å². The Bertz CT molecular complexity index is 914. The van der Waals surface area contributed by atoms with Crippen LogP contribution < -0.4 is 0 Å². The van der Waals surface area contributed by atoms with Crippen molar-refractivity contribution in [3.63, 3.8) is 0 Å². The molecule has 24 heavy (non-hydrogen) atoms. The number of nitro groups is 2. The lowest BCUT2D eigenvalue weighted by atomic mass is 10.3. The summed E-state index contributed by atoms with van der Waals surface area (Å²) in [5.74, 6) is 0.240. The lowest BCUT2D eigenvalue weighted by Crippen LogP contribution is -1.94. The highest BCUT2D eigenvalue weighted by molar-refractivity contribution is 7.99. The summed E-state index contributed by atoms with van der Waals surface area (Å²) in [4.78, 5) is 24.5. The zero-order valence-corrected chi connectivity index (χ0v) is 12.5. The molecule has 120 valence electrons. The van der Waals surface area contributed by atoms with Gasteiger partial charge in [-0.25, -0.2) is 0 Å². The fraction of sp³-hybridized carbons (Fsp3) is 0. The number of pyridine rings is 1. The Hall–Kier alpha value is -3.34. The zero-order valence-electron chi connectivity index (χ0n) is 11.7. The Labute approximate surface area is 137 Å². The molecule has 0 saturated carbocycles. The van der Waals surface area contributed by atoms with Gasteiger partial charge in [0.15, 0.2) is 0 Å². The summed E-state index contributed by atoms with van der Waals surface area (Å²) < 4.78 is 5.44. The highest BCUT2D eigenvalue weighted by atomic mass is 32.2. The molecule has 10 nitrogen and oxygen atoms in total. The third-order valence-electron chi connectivity index (χ3n) is 2.88. The fourth-order valence-electron chi connectivity index (χ4n) is 1.80. The zero-order chi connectivity index (χ0) is 17.1. The summed E-state index contributed by atoms with van der Waals surface area (Å²) in [7, 11) is 0. The van der Waals surface area contributed by atoms with Gasteiger partial charge in [-0.15, -0.1) is 10.2 Å². The predicted molar refractivity (Wildman–Crippen MR) is 81.4 cm³/mol. The molecule has 0 atom stereocenters. The van der Waals surface area contributed by atoms with Gasteiger partial charge in [0.2, 0.25) is 5.89 Å². The summed E-state index contributed by atoms with van der Waals surface area (Å²) in [6, 6.07) is 6.70. The maximum atomic E-state index is 11.1. The molecule has 3 aromatic rings. The van der Waals surface area contributed by atoms with E-state index in [1.807, 2.05) is 0 Å². The highest BCUT2D eigenvalue weighted by Gasteiger charge is 2.22. The van der Waals surface area contributed by atoms with E-state index in [0.717, 1.165) is 17.8 Å². The first kappa shape index (κ1) is 15.6. The Morgan fingerprint density at radius 1 is 1.00 bits per heavy atom. The Morgan fingerprint density at radius 3 is 2.42 bits per heavy atom. The second kappa shape index (κ2) is 6.42. The van der Waals surface area contributed by atoms with Gasteiger partial charge >= 0.3 is 0 Å². The number of non-ortho nitro benzene ring substituents is 1. The van der Waals surface area contributed by atoms with Crippen molar-refractivity contribution in [2.75, 3.05) is 0 Å². The van der Waals surface area contributed by atoms with Crippen molar-refractivity contribution in [1.29, 1.82) is 0 Å². The second-order valence-electron chi connectivity index (χ2n) is 4.38. The minimum atomic E-state index is -0.699. The van der Waals surface area contributed by atoms with E-state index in [4.69, 9.17) is 4.42 Å². The van der Waals surface area contributed by atoms with Crippen LogP contribution in [0, 0.1) is 20.2 Å². The molecule has 0 aliphatic rings. The molecular weight excluding hydrogens is 338 g/mol. The normalized spacial score (nSPS) is 10.5. The molecule has 0 unspecified atom stereocenters. The lowest BCUT2D eigenvalue weighted by Gasteiger charge is -1.99. The van der Waals surface area contributed by atoms with Crippen LogP contribution in [-0.2, 0) is 0 Å². The minimum absolute atomic E-state index is 0.0822. The topological polar surface area (TPSA) is 138 Å². The van der Waals surface area contributed by atoms with Crippen molar-refractivity contribution < 1.29 is 14.3 Å². The van der Waals surface area contributed by atoms with Crippen LogP contribution in [-0.4, -0.2) is 25.0 Å². The molecular formula is C13H7N5O5S. The van der Waals surface area contributed by atoms with Gasteiger partial charge in [-0.1, -0.05) is 0 Å². The van der Waals surface area contributed by atoms with Gasteiger partial charge in [0, 0.05) is 24.0 Å². The van der Waals surface area contributed by atoms with Gasteiger partial charge < -0.3 is 4.42 Å². The van der Waals surface area contributed by atoms with Crippen LogP contribution >= 0.6 is 11.8 Å². The standard InChI is InChI=1S/C13H7N5O5S/c19-17(20)9-1-2-11(10(7-9)18(21)22)24-13-16-15-12(23-13)8-3-5-14-6-4-8/h1-7H. The van der Waals surface area contributed by atoms with E-state index < -0.39 is 15.5 Å². The Morgan fingerprint density at radius 2 is 1.75 bits per heavy atom. The molecule has 0 spiro atoms. The molecule has 2 heterocycles. The van der Waals surface area contributed by atoms with Crippen molar-refractivity contribution >= 4 is 23.1 Å². The van der Waals surface area contributed by atoms with E-state index in [-0.39, 0.29) is 21.7 Å². The number of rotatable bonds is 5. The van der Waals surface area contributed by atoms with Crippen LogP contribution in [0.25, 0.3) is 11.5 Å². The van der Waals surface area contributed by atoms with E-state index in [0.29, 0.717) is 5.56 Å². The molecule has 0 bridgehead atoms. The monoisotopic (exact) mass is 345 g/mol. The van der Waals surface area contributed by atoms with Crippen LogP contribution in [0.3, 0.4) is 0 Å². The molecule has 2 aromatic heterocycles. The van der Waals surface area contributed by atoms with Crippen molar-refractivity contribution in [2.24, 2.45) is 0 Å². The average Bonchev–Trinajstić information content (AvgIpc) is 3.04. The van der Waals surface area contributed by atoms with Crippen molar-refractivity contribution in [3.05, 3.63) is 63.0 Å². The molecule has 0 fully saturated rings. The molecule has 3 rings (SSSR count). The van der Waals surface area contributed by atoms with Crippen LogP contribution in [0.4, 0.5) is 11.4 Å². The van der Waals surface area contributed by atoms with Gasteiger partial charge in [0.05, 0.1) is 20.8 Å². The first-order valence-electron chi connectivity index (χ1n) is 6.39. The SMILES string of the molecule is O=[N+]([O-])c1ccc(Sc2nnc(-c3ccncc3)o2)c([N+](=O)[O-])c1. The molecule has 0 aliphatic carbocycles. The minimum Gasteiger partial charge on any atom is -0.411 e. The van der Waals surface area contributed by atoms with Crippen molar-refractivity contribution in [3.8, 4) is 11.5 Å². The quantitative estimate of drug-likeness (QED) is 0.504. The third kappa shape index (κ3) is 3.20. The molecule has 0 radical (unpaired) electrons.